The van der Waals surface area contributed by atoms with Gasteiger partial charge in [-0.05, 0) is 42.9 Å². The lowest BCUT2D eigenvalue weighted by molar-refractivity contribution is 0.260. The van der Waals surface area contributed by atoms with E-state index >= 15 is 0 Å². The molecule has 0 radical (unpaired) electrons. The van der Waals surface area contributed by atoms with Crippen molar-refractivity contribution in [2.45, 2.75) is 31.7 Å². The van der Waals surface area contributed by atoms with Crippen LogP contribution < -0.4 is 5.73 Å². The summed E-state index contributed by atoms with van der Waals surface area (Å²) in [6, 6.07) is 8.81. The van der Waals surface area contributed by atoms with Gasteiger partial charge in [-0.3, -0.25) is 0 Å². The molecule has 1 aliphatic rings. The van der Waals surface area contributed by atoms with Gasteiger partial charge in [-0.2, -0.15) is 0 Å². The predicted octanol–water partition coefficient (Wildman–Crippen LogP) is 3.12. The lowest BCUT2D eigenvalue weighted by atomic mass is 9.78. The molecule has 1 aliphatic carbocycles. The van der Waals surface area contributed by atoms with Gasteiger partial charge in [-0.25, -0.2) is 0 Å². The summed E-state index contributed by atoms with van der Waals surface area (Å²) in [7, 11) is 0. The Bertz CT molecular complexity index is 307. The summed E-state index contributed by atoms with van der Waals surface area (Å²) in [6.45, 7) is 0. The summed E-state index contributed by atoms with van der Waals surface area (Å²) in [5.74, 6) is 0.772. The van der Waals surface area contributed by atoms with Crippen molar-refractivity contribution in [3.05, 3.63) is 34.3 Å². The molecule has 1 aromatic carbocycles. The van der Waals surface area contributed by atoms with Crippen LogP contribution in [0.4, 0.5) is 0 Å². The SMILES string of the molecule is NC(Cc1cccc(Br)c1)C1CCC1. The molecule has 1 unspecified atom stereocenters. The molecule has 1 nitrogen and oxygen atoms in total. The second kappa shape index (κ2) is 4.45. The molecule has 76 valence electrons. The van der Waals surface area contributed by atoms with Gasteiger partial charge >= 0.3 is 0 Å². The van der Waals surface area contributed by atoms with E-state index < -0.39 is 0 Å². The van der Waals surface area contributed by atoms with Crippen molar-refractivity contribution in [1.29, 1.82) is 0 Å². The molecule has 1 atom stereocenters. The highest BCUT2D eigenvalue weighted by atomic mass is 79.9. The number of halogens is 1. The van der Waals surface area contributed by atoms with Crippen LogP contribution in [0.3, 0.4) is 0 Å². The first kappa shape index (κ1) is 10.2. The highest BCUT2D eigenvalue weighted by Gasteiger charge is 2.24. The van der Waals surface area contributed by atoms with Crippen molar-refractivity contribution in [3.63, 3.8) is 0 Å². The predicted molar refractivity (Wildman–Crippen MR) is 63.2 cm³/mol. The fraction of sp³-hybridized carbons (Fsp3) is 0.500. The molecular weight excluding hydrogens is 238 g/mol. The lowest BCUT2D eigenvalue weighted by Crippen LogP contribution is -2.36. The third-order valence-corrected chi connectivity index (χ3v) is 3.61. The Labute approximate surface area is 93.8 Å². The van der Waals surface area contributed by atoms with E-state index in [4.69, 9.17) is 5.73 Å². The normalized spacial score (nSPS) is 19.0. The van der Waals surface area contributed by atoms with Crippen molar-refractivity contribution in [2.75, 3.05) is 0 Å². The number of hydrogen-bond donors (Lipinski definition) is 1. The first-order valence-corrected chi connectivity index (χ1v) is 6.05. The maximum Gasteiger partial charge on any atom is 0.0178 e. The number of hydrogen-bond acceptors (Lipinski definition) is 1. The second-order valence-electron chi connectivity index (χ2n) is 4.19. The van der Waals surface area contributed by atoms with Crippen LogP contribution in [0.2, 0.25) is 0 Å². The van der Waals surface area contributed by atoms with Crippen LogP contribution in [0.5, 0.6) is 0 Å². The van der Waals surface area contributed by atoms with Crippen LogP contribution >= 0.6 is 15.9 Å². The average molecular weight is 254 g/mol. The molecule has 1 aromatic rings. The zero-order chi connectivity index (χ0) is 9.97. The zero-order valence-electron chi connectivity index (χ0n) is 8.25. The number of rotatable bonds is 3. The maximum absolute atomic E-state index is 6.15. The van der Waals surface area contributed by atoms with Gasteiger partial charge in [-0.1, -0.05) is 34.5 Å². The van der Waals surface area contributed by atoms with Gasteiger partial charge in [0.05, 0.1) is 0 Å². The summed E-state index contributed by atoms with van der Waals surface area (Å²) in [5.41, 5.74) is 7.49. The second-order valence-corrected chi connectivity index (χ2v) is 5.10. The van der Waals surface area contributed by atoms with E-state index in [0.717, 1.165) is 16.8 Å². The van der Waals surface area contributed by atoms with Crippen LogP contribution in [0, 0.1) is 5.92 Å². The van der Waals surface area contributed by atoms with E-state index in [0.29, 0.717) is 6.04 Å². The molecule has 14 heavy (non-hydrogen) atoms. The molecule has 0 aliphatic heterocycles. The molecular formula is C12H16BrN. The summed E-state index contributed by atoms with van der Waals surface area (Å²) in [5, 5.41) is 0. The highest BCUT2D eigenvalue weighted by molar-refractivity contribution is 9.10. The van der Waals surface area contributed by atoms with E-state index in [1.807, 2.05) is 0 Å². The molecule has 0 aromatic heterocycles. The molecule has 0 spiro atoms. The molecule has 0 heterocycles. The van der Waals surface area contributed by atoms with E-state index in [-0.39, 0.29) is 0 Å². The fourth-order valence-corrected chi connectivity index (χ4v) is 2.42. The van der Waals surface area contributed by atoms with Gasteiger partial charge in [0.2, 0.25) is 0 Å². The third kappa shape index (κ3) is 2.37. The minimum absolute atomic E-state index is 0.359. The summed E-state index contributed by atoms with van der Waals surface area (Å²) < 4.78 is 1.15. The lowest BCUT2D eigenvalue weighted by Gasteiger charge is -2.31. The smallest absolute Gasteiger partial charge is 0.0178 e. The summed E-state index contributed by atoms with van der Waals surface area (Å²) in [6.07, 6.45) is 5.05. The minimum atomic E-state index is 0.359. The van der Waals surface area contributed by atoms with Crippen molar-refractivity contribution < 1.29 is 0 Å². The van der Waals surface area contributed by atoms with Crippen LogP contribution in [-0.4, -0.2) is 6.04 Å². The van der Waals surface area contributed by atoms with E-state index in [9.17, 15) is 0 Å². The molecule has 2 rings (SSSR count). The van der Waals surface area contributed by atoms with E-state index in [1.54, 1.807) is 0 Å². The monoisotopic (exact) mass is 253 g/mol. The van der Waals surface area contributed by atoms with Gasteiger partial charge in [0.15, 0.2) is 0 Å². The Hall–Kier alpha value is -0.340. The van der Waals surface area contributed by atoms with Gasteiger partial charge < -0.3 is 5.73 Å². The Balaban J connectivity index is 1.95. The number of benzene rings is 1. The van der Waals surface area contributed by atoms with Crippen LogP contribution in [-0.2, 0) is 6.42 Å². The Morgan fingerprint density at radius 2 is 2.21 bits per heavy atom. The number of nitrogens with two attached hydrogens (primary N) is 1. The Morgan fingerprint density at radius 1 is 1.43 bits per heavy atom. The standard InChI is InChI=1S/C12H16BrN/c13-11-6-1-3-9(7-11)8-12(14)10-4-2-5-10/h1,3,6-7,10,12H,2,4-5,8,14H2. The van der Waals surface area contributed by atoms with E-state index in [1.165, 1.54) is 24.8 Å². The van der Waals surface area contributed by atoms with Crippen LogP contribution in [0.15, 0.2) is 28.7 Å². The summed E-state index contributed by atoms with van der Waals surface area (Å²) >= 11 is 3.48. The molecule has 2 N–H and O–H groups in total. The molecule has 2 heteroatoms. The van der Waals surface area contributed by atoms with Gasteiger partial charge in [0, 0.05) is 10.5 Å². The van der Waals surface area contributed by atoms with Gasteiger partial charge in [0.25, 0.3) is 0 Å². The van der Waals surface area contributed by atoms with Crippen LogP contribution in [0.25, 0.3) is 0 Å². The Morgan fingerprint density at radius 3 is 2.79 bits per heavy atom. The largest absolute Gasteiger partial charge is 0.327 e. The topological polar surface area (TPSA) is 26.0 Å². The fourth-order valence-electron chi connectivity index (χ4n) is 1.97. The molecule has 1 saturated carbocycles. The first-order chi connectivity index (χ1) is 6.75. The van der Waals surface area contributed by atoms with E-state index in [2.05, 4.69) is 40.2 Å². The quantitative estimate of drug-likeness (QED) is 0.881. The third-order valence-electron chi connectivity index (χ3n) is 3.12. The van der Waals surface area contributed by atoms with Gasteiger partial charge in [0.1, 0.15) is 0 Å². The highest BCUT2D eigenvalue weighted by Crippen LogP contribution is 2.30. The van der Waals surface area contributed by atoms with Crippen LogP contribution in [0.1, 0.15) is 24.8 Å². The van der Waals surface area contributed by atoms with Crippen molar-refractivity contribution >= 4 is 15.9 Å². The molecule has 1 fully saturated rings. The van der Waals surface area contributed by atoms with Crippen molar-refractivity contribution in [2.24, 2.45) is 11.7 Å². The maximum atomic E-state index is 6.15. The molecule has 0 bridgehead atoms. The van der Waals surface area contributed by atoms with Crippen molar-refractivity contribution in [1.82, 2.24) is 0 Å². The summed E-state index contributed by atoms with van der Waals surface area (Å²) in [4.78, 5) is 0. The first-order valence-electron chi connectivity index (χ1n) is 5.26. The van der Waals surface area contributed by atoms with Crippen molar-refractivity contribution in [3.8, 4) is 0 Å². The molecule has 0 saturated heterocycles. The zero-order valence-corrected chi connectivity index (χ0v) is 9.83. The minimum Gasteiger partial charge on any atom is -0.327 e. The molecule has 0 amide bonds. The van der Waals surface area contributed by atoms with Gasteiger partial charge in [-0.15, -0.1) is 0 Å². The average Bonchev–Trinajstić information content (AvgIpc) is 1.99. The Kier molecular flexibility index (Phi) is 3.24.